The Morgan fingerprint density at radius 3 is 2.53 bits per heavy atom. The van der Waals surface area contributed by atoms with E-state index in [1.165, 1.54) is 5.56 Å². The highest BCUT2D eigenvalue weighted by Gasteiger charge is 2.21. The Kier molecular flexibility index (Phi) is 3.78. The molecule has 1 heterocycles. The molecular formula is C12H17BrN2. The third kappa shape index (κ3) is 2.80. The lowest BCUT2D eigenvalue weighted by molar-refractivity contribution is 0.518. The average molecular weight is 269 g/mol. The lowest BCUT2D eigenvalue weighted by atomic mass is 9.88. The predicted octanol–water partition coefficient (Wildman–Crippen LogP) is 2.24. The van der Waals surface area contributed by atoms with Gasteiger partial charge in [-0.25, -0.2) is 0 Å². The Bertz CT molecular complexity index is 310. The van der Waals surface area contributed by atoms with Crippen molar-refractivity contribution >= 4 is 15.9 Å². The summed E-state index contributed by atoms with van der Waals surface area (Å²) in [7, 11) is 0. The molecule has 0 aliphatic carbocycles. The highest BCUT2D eigenvalue weighted by molar-refractivity contribution is 9.10. The van der Waals surface area contributed by atoms with Crippen LogP contribution in [0.4, 0.5) is 0 Å². The maximum atomic E-state index is 6.20. The molecule has 1 aromatic rings. The fraction of sp³-hybridized carbons (Fsp3) is 0.500. The maximum absolute atomic E-state index is 6.20. The van der Waals surface area contributed by atoms with Crippen LogP contribution < -0.4 is 11.1 Å². The SMILES string of the molecule is NC1CCNCCC1c1ccc(Br)cc1. The largest absolute Gasteiger partial charge is 0.327 e. The molecule has 0 bridgehead atoms. The molecule has 1 aliphatic rings. The zero-order valence-corrected chi connectivity index (χ0v) is 10.3. The second-order valence-corrected chi connectivity index (χ2v) is 5.06. The van der Waals surface area contributed by atoms with Gasteiger partial charge in [-0.15, -0.1) is 0 Å². The van der Waals surface area contributed by atoms with Gasteiger partial charge in [-0.3, -0.25) is 0 Å². The first-order valence-corrected chi connectivity index (χ1v) is 6.28. The van der Waals surface area contributed by atoms with Gasteiger partial charge in [0.15, 0.2) is 0 Å². The minimum Gasteiger partial charge on any atom is -0.327 e. The van der Waals surface area contributed by atoms with Crippen molar-refractivity contribution in [2.24, 2.45) is 5.73 Å². The molecular weight excluding hydrogens is 252 g/mol. The molecule has 2 atom stereocenters. The van der Waals surface area contributed by atoms with E-state index in [1.807, 2.05) is 0 Å². The van der Waals surface area contributed by atoms with Gasteiger partial charge in [-0.2, -0.15) is 0 Å². The molecule has 1 aromatic carbocycles. The van der Waals surface area contributed by atoms with Crippen molar-refractivity contribution in [3.63, 3.8) is 0 Å². The van der Waals surface area contributed by atoms with Crippen molar-refractivity contribution in [2.45, 2.75) is 24.8 Å². The van der Waals surface area contributed by atoms with Crippen LogP contribution in [-0.4, -0.2) is 19.1 Å². The molecule has 3 heteroatoms. The molecule has 1 fully saturated rings. The molecule has 15 heavy (non-hydrogen) atoms. The Hall–Kier alpha value is -0.380. The van der Waals surface area contributed by atoms with Gasteiger partial charge >= 0.3 is 0 Å². The summed E-state index contributed by atoms with van der Waals surface area (Å²) in [6, 6.07) is 8.85. The van der Waals surface area contributed by atoms with Crippen molar-refractivity contribution in [3.05, 3.63) is 34.3 Å². The van der Waals surface area contributed by atoms with Crippen molar-refractivity contribution in [3.8, 4) is 0 Å². The van der Waals surface area contributed by atoms with Crippen molar-refractivity contribution in [2.75, 3.05) is 13.1 Å². The summed E-state index contributed by atoms with van der Waals surface area (Å²) < 4.78 is 1.13. The zero-order chi connectivity index (χ0) is 10.7. The third-order valence-electron chi connectivity index (χ3n) is 3.10. The highest BCUT2D eigenvalue weighted by atomic mass is 79.9. The van der Waals surface area contributed by atoms with Gasteiger partial charge in [0.1, 0.15) is 0 Å². The molecule has 0 aromatic heterocycles. The van der Waals surface area contributed by atoms with E-state index in [2.05, 4.69) is 45.5 Å². The number of rotatable bonds is 1. The Balaban J connectivity index is 2.16. The number of nitrogens with one attached hydrogen (secondary N) is 1. The third-order valence-corrected chi connectivity index (χ3v) is 3.63. The molecule has 0 saturated carbocycles. The lowest BCUT2D eigenvalue weighted by Gasteiger charge is -2.21. The van der Waals surface area contributed by atoms with E-state index in [1.54, 1.807) is 0 Å². The number of benzene rings is 1. The minimum absolute atomic E-state index is 0.293. The normalized spacial score (nSPS) is 27.3. The van der Waals surface area contributed by atoms with Crippen LogP contribution in [0.25, 0.3) is 0 Å². The average Bonchev–Trinajstić information content (AvgIpc) is 2.44. The van der Waals surface area contributed by atoms with Gasteiger partial charge in [0, 0.05) is 16.4 Å². The summed E-state index contributed by atoms with van der Waals surface area (Å²) in [6.45, 7) is 2.13. The van der Waals surface area contributed by atoms with E-state index in [4.69, 9.17) is 5.73 Å². The zero-order valence-electron chi connectivity index (χ0n) is 8.75. The summed E-state index contributed by atoms with van der Waals surface area (Å²) in [5.41, 5.74) is 7.57. The van der Waals surface area contributed by atoms with Gasteiger partial charge in [-0.1, -0.05) is 28.1 Å². The number of hydrogen-bond donors (Lipinski definition) is 2. The molecule has 0 spiro atoms. The molecule has 0 amide bonds. The fourth-order valence-corrected chi connectivity index (χ4v) is 2.45. The van der Waals surface area contributed by atoms with Crippen LogP contribution in [0.1, 0.15) is 24.3 Å². The van der Waals surface area contributed by atoms with Crippen LogP contribution in [0.15, 0.2) is 28.7 Å². The summed E-state index contributed by atoms with van der Waals surface area (Å²) in [5.74, 6) is 0.507. The predicted molar refractivity (Wildman–Crippen MR) is 67.0 cm³/mol. The first-order valence-electron chi connectivity index (χ1n) is 5.49. The Labute approximate surface area is 99.4 Å². The van der Waals surface area contributed by atoms with Crippen LogP contribution >= 0.6 is 15.9 Å². The van der Waals surface area contributed by atoms with Crippen molar-refractivity contribution in [1.29, 1.82) is 0 Å². The highest BCUT2D eigenvalue weighted by Crippen LogP contribution is 2.26. The van der Waals surface area contributed by atoms with Crippen molar-refractivity contribution < 1.29 is 0 Å². The standard InChI is InChI=1S/C12H17BrN2/c13-10-3-1-9(2-4-10)11-5-7-15-8-6-12(11)14/h1-4,11-12,15H,5-8,14H2. The van der Waals surface area contributed by atoms with E-state index in [9.17, 15) is 0 Å². The monoisotopic (exact) mass is 268 g/mol. The molecule has 3 N–H and O–H groups in total. The maximum Gasteiger partial charge on any atom is 0.0175 e. The number of nitrogens with two attached hydrogens (primary N) is 1. The van der Waals surface area contributed by atoms with E-state index in [0.717, 1.165) is 30.4 Å². The summed E-state index contributed by atoms with van der Waals surface area (Å²) >= 11 is 3.46. The van der Waals surface area contributed by atoms with Gasteiger partial charge in [0.2, 0.25) is 0 Å². The summed E-state index contributed by atoms with van der Waals surface area (Å²) in [5, 5.41) is 3.40. The smallest absolute Gasteiger partial charge is 0.0175 e. The van der Waals surface area contributed by atoms with Gasteiger partial charge in [-0.05, 0) is 43.6 Å². The molecule has 2 rings (SSSR count). The fourth-order valence-electron chi connectivity index (χ4n) is 2.19. The van der Waals surface area contributed by atoms with Crippen molar-refractivity contribution in [1.82, 2.24) is 5.32 Å². The van der Waals surface area contributed by atoms with Gasteiger partial charge in [0.05, 0.1) is 0 Å². The molecule has 2 unspecified atom stereocenters. The molecule has 0 radical (unpaired) electrons. The van der Waals surface area contributed by atoms with E-state index < -0.39 is 0 Å². The van der Waals surface area contributed by atoms with Crippen LogP contribution in [0.2, 0.25) is 0 Å². The second-order valence-electron chi connectivity index (χ2n) is 4.15. The summed E-state index contributed by atoms with van der Waals surface area (Å²) in [4.78, 5) is 0. The van der Waals surface area contributed by atoms with Crippen LogP contribution in [0.3, 0.4) is 0 Å². The number of halogens is 1. The molecule has 1 saturated heterocycles. The van der Waals surface area contributed by atoms with E-state index >= 15 is 0 Å². The van der Waals surface area contributed by atoms with E-state index in [-0.39, 0.29) is 0 Å². The van der Waals surface area contributed by atoms with Crippen LogP contribution in [-0.2, 0) is 0 Å². The van der Waals surface area contributed by atoms with Gasteiger partial charge < -0.3 is 11.1 Å². The topological polar surface area (TPSA) is 38.0 Å². The quantitative estimate of drug-likeness (QED) is 0.820. The van der Waals surface area contributed by atoms with E-state index in [0.29, 0.717) is 12.0 Å². The second kappa shape index (κ2) is 5.10. The van der Waals surface area contributed by atoms with Gasteiger partial charge in [0.25, 0.3) is 0 Å². The Morgan fingerprint density at radius 1 is 1.13 bits per heavy atom. The Morgan fingerprint density at radius 2 is 1.80 bits per heavy atom. The molecule has 2 nitrogen and oxygen atoms in total. The van der Waals surface area contributed by atoms with Crippen LogP contribution in [0, 0.1) is 0 Å². The molecule has 82 valence electrons. The van der Waals surface area contributed by atoms with Crippen LogP contribution in [0.5, 0.6) is 0 Å². The molecule has 1 aliphatic heterocycles. The first-order chi connectivity index (χ1) is 7.27. The minimum atomic E-state index is 0.293. The first kappa shape index (κ1) is 11.1. The lowest BCUT2D eigenvalue weighted by Crippen LogP contribution is -2.28. The summed E-state index contributed by atoms with van der Waals surface area (Å²) in [6.07, 6.45) is 2.21. The number of hydrogen-bond acceptors (Lipinski definition) is 2.